The van der Waals surface area contributed by atoms with Crippen LogP contribution >= 0.6 is 0 Å². The summed E-state index contributed by atoms with van der Waals surface area (Å²) < 4.78 is 5.03. The minimum Gasteiger partial charge on any atom is -0.361 e. The number of nitrogens with zero attached hydrogens (tertiary/aromatic N) is 4. The highest BCUT2D eigenvalue weighted by atomic mass is 16.5. The van der Waals surface area contributed by atoms with Gasteiger partial charge in [0.1, 0.15) is 11.3 Å². The molecule has 3 aliphatic heterocycles. The quantitative estimate of drug-likeness (QED) is 0.808. The van der Waals surface area contributed by atoms with E-state index < -0.39 is 0 Å². The van der Waals surface area contributed by atoms with Crippen LogP contribution in [0.4, 0.5) is 0 Å². The Balaban J connectivity index is 1.30. The van der Waals surface area contributed by atoms with E-state index in [1.165, 1.54) is 6.20 Å². The van der Waals surface area contributed by atoms with E-state index in [4.69, 9.17) is 4.52 Å². The Labute approximate surface area is 160 Å². The number of rotatable bonds is 3. The van der Waals surface area contributed by atoms with Crippen molar-refractivity contribution >= 4 is 11.8 Å². The molecule has 0 spiro atoms. The number of hydrogen-bond donors (Lipinski definition) is 0. The van der Waals surface area contributed by atoms with Crippen LogP contribution in [0.25, 0.3) is 0 Å². The van der Waals surface area contributed by atoms with Gasteiger partial charge in [-0.1, -0.05) is 5.16 Å². The maximum Gasteiger partial charge on any atom is 0.259 e. The molecule has 3 saturated heterocycles. The zero-order valence-corrected chi connectivity index (χ0v) is 16.2. The van der Waals surface area contributed by atoms with Crippen LogP contribution in [-0.2, 0) is 4.79 Å². The lowest BCUT2D eigenvalue weighted by atomic mass is 9.92. The van der Waals surface area contributed by atoms with Crippen LogP contribution in [-0.4, -0.2) is 77.0 Å². The average molecular weight is 374 g/mol. The summed E-state index contributed by atoms with van der Waals surface area (Å²) in [7, 11) is 0. The molecule has 0 saturated carbocycles. The van der Waals surface area contributed by atoms with Crippen LogP contribution < -0.4 is 0 Å². The molecule has 7 heteroatoms. The lowest BCUT2D eigenvalue weighted by molar-refractivity contribution is -0.136. The van der Waals surface area contributed by atoms with E-state index in [0.717, 1.165) is 77.8 Å². The number of likely N-dealkylation sites (tertiary alicyclic amines) is 3. The summed E-state index contributed by atoms with van der Waals surface area (Å²) in [5.74, 6) is 1.14. The monoisotopic (exact) mass is 374 g/mol. The van der Waals surface area contributed by atoms with Crippen LogP contribution in [0.5, 0.6) is 0 Å². The van der Waals surface area contributed by atoms with E-state index in [1.807, 2.05) is 4.90 Å². The van der Waals surface area contributed by atoms with E-state index in [-0.39, 0.29) is 11.8 Å². The molecule has 0 unspecified atom stereocenters. The van der Waals surface area contributed by atoms with Crippen LogP contribution in [0.3, 0.4) is 0 Å². The molecule has 3 fully saturated rings. The number of piperidine rings is 2. The van der Waals surface area contributed by atoms with Crippen molar-refractivity contribution in [2.45, 2.75) is 51.5 Å². The van der Waals surface area contributed by atoms with Crippen molar-refractivity contribution in [3.63, 3.8) is 0 Å². The fourth-order valence-corrected chi connectivity index (χ4v) is 4.84. The Bertz CT molecular complexity index is 675. The zero-order valence-electron chi connectivity index (χ0n) is 16.2. The lowest BCUT2D eigenvalue weighted by Crippen LogP contribution is -2.51. The van der Waals surface area contributed by atoms with Gasteiger partial charge in [-0.2, -0.15) is 0 Å². The predicted octanol–water partition coefficient (Wildman–Crippen LogP) is 1.92. The summed E-state index contributed by atoms with van der Waals surface area (Å²) in [6, 6.07) is 0.479. The fourth-order valence-electron chi connectivity index (χ4n) is 4.84. The molecular formula is C20H30N4O3. The second kappa shape index (κ2) is 8.00. The summed E-state index contributed by atoms with van der Waals surface area (Å²) in [4.78, 5) is 31.9. The summed E-state index contributed by atoms with van der Waals surface area (Å²) in [5, 5.41) is 3.72. The van der Waals surface area contributed by atoms with Gasteiger partial charge in [-0.25, -0.2) is 0 Å². The number of carbonyl (C=O) groups is 2. The van der Waals surface area contributed by atoms with Gasteiger partial charge in [-0.3, -0.25) is 14.5 Å². The molecule has 3 aliphatic rings. The largest absolute Gasteiger partial charge is 0.361 e. The summed E-state index contributed by atoms with van der Waals surface area (Å²) >= 11 is 0. The van der Waals surface area contributed by atoms with Crippen molar-refractivity contribution in [1.82, 2.24) is 19.9 Å². The molecule has 0 bridgehead atoms. The highest BCUT2D eigenvalue weighted by Crippen LogP contribution is 2.26. The Morgan fingerprint density at radius 1 is 1.00 bits per heavy atom. The van der Waals surface area contributed by atoms with Gasteiger partial charge in [-0.05, 0) is 52.0 Å². The highest BCUT2D eigenvalue weighted by Gasteiger charge is 2.35. The first-order valence-electron chi connectivity index (χ1n) is 10.4. The average Bonchev–Trinajstić information content (AvgIpc) is 3.39. The maximum absolute atomic E-state index is 12.8. The maximum atomic E-state index is 12.8. The first-order valence-corrected chi connectivity index (χ1v) is 10.4. The van der Waals surface area contributed by atoms with Gasteiger partial charge < -0.3 is 14.3 Å². The molecule has 7 nitrogen and oxygen atoms in total. The van der Waals surface area contributed by atoms with Gasteiger partial charge in [0.15, 0.2) is 0 Å². The molecule has 1 atom stereocenters. The van der Waals surface area contributed by atoms with E-state index >= 15 is 0 Å². The number of hydrogen-bond acceptors (Lipinski definition) is 5. The minimum absolute atomic E-state index is 0.0212. The second-order valence-corrected chi connectivity index (χ2v) is 8.19. The first-order chi connectivity index (χ1) is 13.1. The van der Waals surface area contributed by atoms with Crippen LogP contribution in [0, 0.1) is 12.8 Å². The Kier molecular flexibility index (Phi) is 5.48. The predicted molar refractivity (Wildman–Crippen MR) is 100 cm³/mol. The van der Waals surface area contributed by atoms with Crippen molar-refractivity contribution in [3.8, 4) is 0 Å². The molecule has 2 amide bonds. The fraction of sp³-hybridized carbons (Fsp3) is 0.750. The van der Waals surface area contributed by atoms with E-state index in [1.54, 1.807) is 6.92 Å². The SMILES string of the molecule is Cc1oncc1C(=O)N1CCC(N2CCC[C@@H](C(=O)N3CCCC3)C2)CC1. The van der Waals surface area contributed by atoms with Gasteiger partial charge in [0.05, 0.1) is 12.1 Å². The molecule has 0 N–H and O–H groups in total. The van der Waals surface area contributed by atoms with E-state index in [2.05, 4.69) is 15.0 Å². The zero-order chi connectivity index (χ0) is 18.8. The van der Waals surface area contributed by atoms with Gasteiger partial charge >= 0.3 is 0 Å². The van der Waals surface area contributed by atoms with Crippen LogP contribution in [0.2, 0.25) is 0 Å². The topological polar surface area (TPSA) is 69.9 Å². The number of aromatic nitrogens is 1. The summed E-state index contributed by atoms with van der Waals surface area (Å²) in [6.07, 6.45) is 7.89. The standard InChI is InChI=1S/C20H30N4O3/c1-15-18(13-21-27-15)20(26)23-11-6-17(7-12-23)24-10-4-5-16(14-24)19(25)22-8-2-3-9-22/h13,16-17H,2-12,14H2,1H3/t16-/m1/s1. The van der Waals surface area contributed by atoms with Crippen molar-refractivity contribution in [1.29, 1.82) is 0 Å². The Morgan fingerprint density at radius 2 is 1.74 bits per heavy atom. The molecule has 27 heavy (non-hydrogen) atoms. The first kappa shape index (κ1) is 18.5. The molecule has 0 aliphatic carbocycles. The van der Waals surface area contributed by atoms with Crippen molar-refractivity contribution in [2.24, 2.45) is 5.92 Å². The molecule has 148 valence electrons. The molecule has 0 aromatic carbocycles. The third-order valence-corrected chi connectivity index (χ3v) is 6.47. The van der Waals surface area contributed by atoms with Crippen LogP contribution in [0.15, 0.2) is 10.7 Å². The van der Waals surface area contributed by atoms with Gasteiger partial charge in [0.2, 0.25) is 5.91 Å². The number of aryl methyl sites for hydroxylation is 1. The van der Waals surface area contributed by atoms with E-state index in [9.17, 15) is 9.59 Å². The third-order valence-electron chi connectivity index (χ3n) is 6.47. The molecule has 4 rings (SSSR count). The van der Waals surface area contributed by atoms with E-state index in [0.29, 0.717) is 23.3 Å². The Morgan fingerprint density at radius 3 is 2.41 bits per heavy atom. The number of carbonyl (C=O) groups excluding carboxylic acids is 2. The van der Waals surface area contributed by atoms with Crippen molar-refractivity contribution in [2.75, 3.05) is 39.3 Å². The third kappa shape index (κ3) is 3.88. The molecular weight excluding hydrogens is 344 g/mol. The Hall–Kier alpha value is -1.89. The van der Waals surface area contributed by atoms with Gasteiger partial charge in [-0.15, -0.1) is 0 Å². The van der Waals surface area contributed by atoms with Gasteiger partial charge in [0.25, 0.3) is 5.91 Å². The molecule has 0 radical (unpaired) electrons. The molecule has 4 heterocycles. The smallest absolute Gasteiger partial charge is 0.259 e. The van der Waals surface area contributed by atoms with Gasteiger partial charge in [0, 0.05) is 38.8 Å². The van der Waals surface area contributed by atoms with Crippen molar-refractivity contribution < 1.29 is 14.1 Å². The second-order valence-electron chi connectivity index (χ2n) is 8.19. The van der Waals surface area contributed by atoms with Crippen molar-refractivity contribution in [3.05, 3.63) is 17.5 Å². The molecule has 1 aromatic heterocycles. The molecule has 1 aromatic rings. The number of amides is 2. The summed E-state index contributed by atoms with van der Waals surface area (Å²) in [6.45, 7) is 7.14. The van der Waals surface area contributed by atoms with Crippen LogP contribution in [0.1, 0.15) is 54.6 Å². The normalized spacial score (nSPS) is 25.1. The lowest BCUT2D eigenvalue weighted by Gasteiger charge is -2.42. The summed E-state index contributed by atoms with van der Waals surface area (Å²) in [5.41, 5.74) is 0.572. The minimum atomic E-state index is 0.0212. The highest BCUT2D eigenvalue weighted by molar-refractivity contribution is 5.94.